The molecule has 0 fully saturated rings. The highest BCUT2D eigenvalue weighted by atomic mass is 16.4. The highest BCUT2D eigenvalue weighted by molar-refractivity contribution is 5.82. The molecule has 4 nitrogen and oxygen atoms in total. The van der Waals surface area contributed by atoms with Crippen LogP contribution in [-0.4, -0.2) is 23.0 Å². The maximum absolute atomic E-state index is 11.8. The lowest BCUT2D eigenvalue weighted by Crippen LogP contribution is -2.48. The van der Waals surface area contributed by atoms with Crippen molar-refractivity contribution in [1.82, 2.24) is 5.32 Å². The Hall–Kier alpha value is -1.06. The van der Waals surface area contributed by atoms with E-state index >= 15 is 0 Å². The molecule has 0 aromatic carbocycles. The van der Waals surface area contributed by atoms with Crippen LogP contribution in [0.2, 0.25) is 0 Å². The Morgan fingerprint density at radius 3 is 1.81 bits per heavy atom. The first-order valence-electron chi connectivity index (χ1n) is 5.47. The van der Waals surface area contributed by atoms with E-state index < -0.39 is 11.4 Å². The standard InChI is InChI=1S/C12H23NO3/c1-11(2,3)8(7-9(14)15)13-10(16)12(4,5)6/h8H,7H2,1-6H3,(H,13,16)(H,14,15). The van der Waals surface area contributed by atoms with E-state index in [1.54, 1.807) is 0 Å². The summed E-state index contributed by atoms with van der Waals surface area (Å²) >= 11 is 0. The second-order valence-electron chi connectivity index (χ2n) is 6.24. The van der Waals surface area contributed by atoms with Crippen LogP contribution in [0.3, 0.4) is 0 Å². The molecular formula is C12H23NO3. The van der Waals surface area contributed by atoms with Crippen LogP contribution in [-0.2, 0) is 9.59 Å². The molecule has 0 saturated carbocycles. The van der Waals surface area contributed by atoms with Crippen LogP contribution in [0.5, 0.6) is 0 Å². The molecule has 1 amide bonds. The molecule has 0 aromatic rings. The Kier molecular flexibility index (Phi) is 4.53. The Morgan fingerprint density at radius 2 is 1.56 bits per heavy atom. The van der Waals surface area contributed by atoms with E-state index in [4.69, 9.17) is 5.11 Å². The summed E-state index contributed by atoms with van der Waals surface area (Å²) in [6.07, 6.45) is -0.0503. The molecular weight excluding hydrogens is 206 g/mol. The second-order valence-corrected chi connectivity index (χ2v) is 6.24. The van der Waals surface area contributed by atoms with Gasteiger partial charge in [-0.3, -0.25) is 9.59 Å². The predicted octanol–water partition coefficient (Wildman–Crippen LogP) is 2.04. The number of carboxylic acid groups (broad SMARTS) is 1. The topological polar surface area (TPSA) is 66.4 Å². The Labute approximate surface area is 97.4 Å². The first kappa shape index (κ1) is 14.9. The van der Waals surface area contributed by atoms with Crippen molar-refractivity contribution in [3.8, 4) is 0 Å². The zero-order valence-electron chi connectivity index (χ0n) is 11.0. The van der Waals surface area contributed by atoms with Gasteiger partial charge in [-0.1, -0.05) is 41.5 Å². The van der Waals surface area contributed by atoms with Crippen molar-refractivity contribution >= 4 is 11.9 Å². The molecule has 4 heteroatoms. The fraction of sp³-hybridized carbons (Fsp3) is 0.833. The molecule has 2 N–H and O–H groups in total. The smallest absolute Gasteiger partial charge is 0.305 e. The van der Waals surface area contributed by atoms with Gasteiger partial charge in [-0.05, 0) is 5.41 Å². The highest BCUT2D eigenvalue weighted by Crippen LogP contribution is 2.23. The van der Waals surface area contributed by atoms with Crippen molar-refractivity contribution in [2.75, 3.05) is 0 Å². The normalized spacial score (nSPS) is 14.4. The number of amides is 1. The SMILES string of the molecule is CC(C)(C)C(=O)NC(CC(=O)O)C(C)(C)C. The number of carbonyl (C=O) groups is 2. The molecule has 16 heavy (non-hydrogen) atoms. The van der Waals surface area contributed by atoms with E-state index in [1.807, 2.05) is 41.5 Å². The zero-order chi connectivity index (χ0) is 13.1. The average molecular weight is 229 g/mol. The number of rotatable bonds is 3. The van der Waals surface area contributed by atoms with Gasteiger partial charge in [0.1, 0.15) is 0 Å². The second kappa shape index (κ2) is 4.85. The van der Waals surface area contributed by atoms with E-state index in [-0.39, 0.29) is 23.8 Å². The van der Waals surface area contributed by atoms with Gasteiger partial charge in [-0.15, -0.1) is 0 Å². The molecule has 0 bridgehead atoms. The third kappa shape index (κ3) is 5.14. The van der Waals surface area contributed by atoms with E-state index in [1.165, 1.54) is 0 Å². The lowest BCUT2D eigenvalue weighted by molar-refractivity contribution is -0.139. The molecule has 1 atom stereocenters. The summed E-state index contributed by atoms with van der Waals surface area (Å²) in [7, 11) is 0. The Morgan fingerprint density at radius 1 is 1.12 bits per heavy atom. The van der Waals surface area contributed by atoms with Gasteiger partial charge in [0.05, 0.1) is 6.42 Å². The summed E-state index contributed by atoms with van der Waals surface area (Å²) < 4.78 is 0. The number of nitrogens with one attached hydrogen (secondary N) is 1. The average Bonchev–Trinajstić information content (AvgIpc) is 1.98. The van der Waals surface area contributed by atoms with E-state index in [9.17, 15) is 9.59 Å². The van der Waals surface area contributed by atoms with Gasteiger partial charge in [0.25, 0.3) is 0 Å². The highest BCUT2D eigenvalue weighted by Gasteiger charge is 2.31. The van der Waals surface area contributed by atoms with Gasteiger partial charge in [-0.25, -0.2) is 0 Å². The van der Waals surface area contributed by atoms with Crippen LogP contribution >= 0.6 is 0 Å². The summed E-state index contributed by atoms with van der Waals surface area (Å²) in [6.45, 7) is 11.2. The third-order valence-electron chi connectivity index (χ3n) is 2.41. The molecule has 0 spiro atoms. The van der Waals surface area contributed by atoms with Crippen LogP contribution < -0.4 is 5.32 Å². The van der Waals surface area contributed by atoms with Crippen LogP contribution in [0.25, 0.3) is 0 Å². The molecule has 0 heterocycles. The van der Waals surface area contributed by atoms with Crippen LogP contribution in [0.4, 0.5) is 0 Å². The first-order chi connectivity index (χ1) is 6.94. The molecule has 0 rings (SSSR count). The maximum Gasteiger partial charge on any atom is 0.305 e. The van der Waals surface area contributed by atoms with Crippen molar-refractivity contribution in [3.63, 3.8) is 0 Å². The summed E-state index contributed by atoms with van der Waals surface area (Å²) in [6, 6.07) is -0.350. The minimum Gasteiger partial charge on any atom is -0.481 e. The summed E-state index contributed by atoms with van der Waals surface area (Å²) in [5, 5.41) is 11.6. The first-order valence-corrected chi connectivity index (χ1v) is 5.47. The molecule has 1 unspecified atom stereocenters. The van der Waals surface area contributed by atoms with Crippen molar-refractivity contribution in [2.24, 2.45) is 10.8 Å². The monoisotopic (exact) mass is 229 g/mol. The molecule has 0 saturated heterocycles. The summed E-state index contributed by atoms with van der Waals surface area (Å²) in [5.41, 5.74) is -0.763. The number of aliphatic carboxylic acids is 1. The Bertz CT molecular complexity index is 271. The van der Waals surface area contributed by atoms with Crippen molar-refractivity contribution in [3.05, 3.63) is 0 Å². The van der Waals surface area contributed by atoms with Gasteiger partial charge in [0.15, 0.2) is 0 Å². The lowest BCUT2D eigenvalue weighted by atomic mass is 9.83. The third-order valence-corrected chi connectivity index (χ3v) is 2.41. The van der Waals surface area contributed by atoms with Gasteiger partial charge in [0, 0.05) is 11.5 Å². The molecule has 0 aliphatic carbocycles. The summed E-state index contributed by atoms with van der Waals surface area (Å²) in [4.78, 5) is 22.5. The number of hydrogen-bond acceptors (Lipinski definition) is 2. The van der Waals surface area contributed by atoms with Crippen molar-refractivity contribution < 1.29 is 14.7 Å². The number of carboxylic acids is 1. The van der Waals surface area contributed by atoms with Crippen LogP contribution in [0, 0.1) is 10.8 Å². The number of hydrogen-bond donors (Lipinski definition) is 2. The lowest BCUT2D eigenvalue weighted by Gasteiger charge is -2.32. The van der Waals surface area contributed by atoms with Crippen molar-refractivity contribution in [1.29, 1.82) is 0 Å². The van der Waals surface area contributed by atoms with E-state index in [0.29, 0.717) is 0 Å². The fourth-order valence-corrected chi connectivity index (χ4v) is 1.12. The largest absolute Gasteiger partial charge is 0.481 e. The summed E-state index contributed by atoms with van der Waals surface area (Å²) in [5.74, 6) is -1.01. The Balaban J connectivity index is 4.70. The van der Waals surface area contributed by atoms with Gasteiger partial charge >= 0.3 is 5.97 Å². The molecule has 0 aromatic heterocycles. The maximum atomic E-state index is 11.8. The molecule has 0 aliphatic heterocycles. The van der Waals surface area contributed by atoms with Crippen molar-refractivity contribution in [2.45, 2.75) is 54.0 Å². The minimum atomic E-state index is -0.894. The minimum absolute atomic E-state index is 0.0503. The molecule has 0 radical (unpaired) electrons. The number of carbonyl (C=O) groups excluding carboxylic acids is 1. The van der Waals surface area contributed by atoms with Crippen LogP contribution in [0.15, 0.2) is 0 Å². The quantitative estimate of drug-likeness (QED) is 0.778. The predicted molar refractivity (Wildman–Crippen MR) is 63.1 cm³/mol. The zero-order valence-corrected chi connectivity index (χ0v) is 11.0. The van der Waals surface area contributed by atoms with Gasteiger partial charge in [-0.2, -0.15) is 0 Å². The van der Waals surface area contributed by atoms with Crippen LogP contribution in [0.1, 0.15) is 48.0 Å². The van der Waals surface area contributed by atoms with E-state index in [2.05, 4.69) is 5.32 Å². The molecule has 0 aliphatic rings. The molecule has 94 valence electrons. The van der Waals surface area contributed by atoms with E-state index in [0.717, 1.165) is 0 Å². The fourth-order valence-electron chi connectivity index (χ4n) is 1.12. The van der Waals surface area contributed by atoms with Gasteiger partial charge in [0.2, 0.25) is 5.91 Å². The van der Waals surface area contributed by atoms with Gasteiger partial charge < -0.3 is 10.4 Å².